The molecule has 0 bridgehead atoms. The second-order valence-electron chi connectivity index (χ2n) is 13.7. The molecule has 0 amide bonds. The number of rotatable bonds is 7. The van der Waals surface area contributed by atoms with Crippen molar-refractivity contribution in [1.82, 2.24) is 0 Å². The van der Waals surface area contributed by atoms with Gasteiger partial charge in [0, 0.05) is 0 Å². The van der Waals surface area contributed by atoms with Gasteiger partial charge in [0.25, 0.3) is 0 Å². The summed E-state index contributed by atoms with van der Waals surface area (Å²) in [6.07, 6.45) is 12.2. The molecule has 0 saturated carbocycles. The van der Waals surface area contributed by atoms with Gasteiger partial charge in [-0.1, -0.05) is 114 Å². The van der Waals surface area contributed by atoms with E-state index >= 15 is 0 Å². The first-order valence-electron chi connectivity index (χ1n) is 13.7. The van der Waals surface area contributed by atoms with Crippen LogP contribution in [0, 0.1) is 6.42 Å². The maximum absolute atomic E-state index is 7.32. The van der Waals surface area contributed by atoms with Gasteiger partial charge >= 0.3 is 37.9 Å². The Morgan fingerprint density at radius 1 is 0.718 bits per heavy atom. The fourth-order valence-corrected chi connectivity index (χ4v) is 7.64. The van der Waals surface area contributed by atoms with E-state index in [-0.39, 0.29) is 10.1 Å². The van der Waals surface area contributed by atoms with Crippen molar-refractivity contribution < 1.29 is 29.7 Å². The molecule has 7 heteroatoms. The van der Waals surface area contributed by atoms with Gasteiger partial charge in [0.1, 0.15) is 0 Å². The molecule has 2 aromatic rings. The quantitative estimate of drug-likeness (QED) is 0.214. The van der Waals surface area contributed by atoms with Crippen molar-refractivity contribution in [2.24, 2.45) is 0 Å². The minimum absolute atomic E-state index is 0.106. The predicted molar refractivity (Wildman–Crippen MR) is 171 cm³/mol. The third-order valence-electron chi connectivity index (χ3n) is 9.02. The van der Waals surface area contributed by atoms with Gasteiger partial charge < -0.3 is 8.85 Å². The van der Waals surface area contributed by atoms with Crippen LogP contribution in [-0.4, -0.2) is 16.6 Å². The number of hydrogen-bond acceptors (Lipinski definition) is 2. The van der Waals surface area contributed by atoms with Crippen LogP contribution in [0.25, 0.3) is 12.2 Å². The second-order valence-corrected chi connectivity index (χ2v) is 26.9. The van der Waals surface area contributed by atoms with Crippen molar-refractivity contribution in [3.8, 4) is 0 Å². The minimum atomic E-state index is -2.09. The SMILES string of the molecule is CC(C)(C)[Si](C)(C)OC1([CH-]CC2(O[Si](C)(C)C(C)(C)C)C=Cc3ccccc32)C=Cc2ccccc21.[Cl][Zr][Cl]. The van der Waals surface area contributed by atoms with Gasteiger partial charge in [-0.2, -0.15) is 0 Å². The van der Waals surface area contributed by atoms with E-state index in [1.165, 1.54) is 22.3 Å². The molecular formula is C32H45Cl2O2Si2Zr-. The summed E-state index contributed by atoms with van der Waals surface area (Å²) in [4.78, 5) is 0. The normalized spacial score (nSPS) is 22.3. The molecule has 0 radical (unpaired) electrons. The zero-order chi connectivity index (χ0) is 29.3. The number of hydrogen-bond donors (Lipinski definition) is 0. The van der Waals surface area contributed by atoms with Crippen molar-refractivity contribution >= 4 is 45.8 Å². The van der Waals surface area contributed by atoms with E-state index < -0.39 is 48.7 Å². The van der Waals surface area contributed by atoms with Crippen molar-refractivity contribution in [3.05, 3.63) is 89.4 Å². The van der Waals surface area contributed by atoms with Crippen molar-refractivity contribution in [3.63, 3.8) is 0 Å². The molecule has 2 unspecified atom stereocenters. The summed E-state index contributed by atoms with van der Waals surface area (Å²) in [5.74, 6) is 0. The van der Waals surface area contributed by atoms with Crippen molar-refractivity contribution in [1.29, 1.82) is 0 Å². The van der Waals surface area contributed by atoms with E-state index in [1.807, 2.05) is 0 Å². The van der Waals surface area contributed by atoms with Crippen LogP contribution in [0.2, 0.25) is 36.3 Å². The Balaban J connectivity index is 0.00000134. The molecule has 0 heterocycles. The molecule has 0 spiro atoms. The van der Waals surface area contributed by atoms with Gasteiger partial charge in [-0.05, 0) is 64.1 Å². The summed E-state index contributed by atoms with van der Waals surface area (Å²) in [5, 5.41) is 0.217. The van der Waals surface area contributed by atoms with Crippen LogP contribution in [0.5, 0.6) is 0 Å². The van der Waals surface area contributed by atoms with E-state index in [0.29, 0.717) is 0 Å². The Morgan fingerprint density at radius 3 is 1.69 bits per heavy atom. The van der Waals surface area contributed by atoms with Crippen LogP contribution in [0.15, 0.2) is 60.7 Å². The van der Waals surface area contributed by atoms with E-state index in [4.69, 9.17) is 25.9 Å². The summed E-state index contributed by atoms with van der Waals surface area (Å²) < 4.78 is 14.6. The van der Waals surface area contributed by atoms with Crippen LogP contribution in [0.1, 0.15) is 70.2 Å². The Bertz CT molecular complexity index is 1120. The summed E-state index contributed by atoms with van der Waals surface area (Å²) in [7, 11) is 5.69. The molecule has 0 fully saturated rings. The first-order valence-corrected chi connectivity index (χ1v) is 25.9. The standard InChI is InChI=1S/C32H45O2Si2.2ClH.Zr/c1-29(2,3)35(7,8)33-31(21-19-25-15-11-13-17-27(25)31)23-24-32(34-36(9,10)30(4,5)6)22-20-26-16-12-14-18-28(26)32;;;/h11-23H,24H2,1-10H3;2*1H;/q-1;;;+2/p-2. The van der Waals surface area contributed by atoms with Gasteiger partial charge in [0.05, 0.1) is 5.60 Å². The van der Waals surface area contributed by atoms with Crippen LogP contribution in [0.3, 0.4) is 0 Å². The van der Waals surface area contributed by atoms with Gasteiger partial charge in [-0.15, -0.1) is 6.42 Å². The third-order valence-corrected chi connectivity index (χ3v) is 18.0. The van der Waals surface area contributed by atoms with Crippen molar-refractivity contribution in [2.75, 3.05) is 0 Å². The first-order chi connectivity index (χ1) is 17.9. The molecule has 2 atom stereocenters. The summed E-state index contributed by atoms with van der Waals surface area (Å²) >= 11 is -0.826. The van der Waals surface area contributed by atoms with Gasteiger partial charge in [-0.3, -0.25) is 6.42 Å². The molecule has 2 aromatic carbocycles. The molecule has 0 N–H and O–H groups in total. The molecule has 212 valence electrons. The molecule has 4 rings (SSSR count). The average molecular weight is 680 g/mol. The van der Waals surface area contributed by atoms with Crippen LogP contribution in [0.4, 0.5) is 0 Å². The molecule has 39 heavy (non-hydrogen) atoms. The van der Waals surface area contributed by atoms with Crippen LogP contribution >= 0.6 is 17.0 Å². The Labute approximate surface area is 258 Å². The van der Waals surface area contributed by atoms with Gasteiger partial charge in [-0.25, -0.2) is 0 Å². The molecular weight excluding hydrogens is 635 g/mol. The Kier molecular flexibility index (Phi) is 10.4. The Morgan fingerprint density at radius 2 is 1.15 bits per heavy atom. The topological polar surface area (TPSA) is 18.5 Å². The summed E-state index contributed by atoms with van der Waals surface area (Å²) in [6.45, 7) is 23.3. The van der Waals surface area contributed by atoms with E-state index in [2.05, 4.69) is 147 Å². The summed E-state index contributed by atoms with van der Waals surface area (Å²) in [6, 6.07) is 17.4. The average Bonchev–Trinajstić information content (AvgIpc) is 3.36. The van der Waals surface area contributed by atoms with Crippen LogP contribution < -0.4 is 0 Å². The summed E-state index contributed by atoms with van der Waals surface area (Å²) in [5.41, 5.74) is 3.96. The zero-order valence-corrected chi connectivity index (χ0v) is 31.3. The molecule has 2 aliphatic carbocycles. The van der Waals surface area contributed by atoms with E-state index in [1.54, 1.807) is 0 Å². The zero-order valence-electron chi connectivity index (χ0n) is 25.3. The number of halogens is 2. The van der Waals surface area contributed by atoms with E-state index in [9.17, 15) is 0 Å². The number of fused-ring (bicyclic) bond motifs is 2. The second kappa shape index (κ2) is 12.2. The van der Waals surface area contributed by atoms with Crippen LogP contribution in [-0.2, 0) is 40.9 Å². The van der Waals surface area contributed by atoms with E-state index in [0.717, 1.165) is 6.42 Å². The fraction of sp³-hybridized carbons (Fsp3) is 0.469. The molecule has 0 aromatic heterocycles. The Hall–Kier alpha value is -0.263. The van der Waals surface area contributed by atoms with Gasteiger partial charge in [0.15, 0.2) is 16.6 Å². The number of benzene rings is 2. The van der Waals surface area contributed by atoms with Crippen molar-refractivity contribution in [2.45, 2.75) is 95.4 Å². The monoisotopic (exact) mass is 677 g/mol. The fourth-order valence-electron chi connectivity index (χ4n) is 4.75. The predicted octanol–water partition coefficient (Wildman–Crippen LogP) is 10.8. The third kappa shape index (κ3) is 7.04. The molecule has 2 nitrogen and oxygen atoms in total. The first kappa shape index (κ1) is 33.2. The molecule has 0 saturated heterocycles. The molecule has 2 aliphatic rings. The molecule has 0 aliphatic heterocycles. The maximum atomic E-state index is 7.32. The van der Waals surface area contributed by atoms with Gasteiger partial charge in [0.2, 0.25) is 0 Å².